The molecule has 0 saturated carbocycles. The Balaban J connectivity index is 2.21. The van der Waals surface area contributed by atoms with Gasteiger partial charge in [-0.3, -0.25) is 4.79 Å². The van der Waals surface area contributed by atoms with Crippen molar-refractivity contribution in [3.05, 3.63) is 64.7 Å². The fraction of sp³-hybridized carbons (Fsp3) is 0.235. The van der Waals surface area contributed by atoms with E-state index in [-0.39, 0.29) is 10.8 Å². The van der Waals surface area contributed by atoms with Gasteiger partial charge in [-0.2, -0.15) is 0 Å². The fourth-order valence-corrected chi connectivity index (χ4v) is 2.80. The maximum absolute atomic E-state index is 12.3. The van der Waals surface area contributed by atoms with E-state index in [4.69, 9.17) is 0 Å². The van der Waals surface area contributed by atoms with Crippen LogP contribution in [-0.4, -0.2) is 20.6 Å². The highest BCUT2D eigenvalue weighted by atomic mass is 32.2. The molecule has 0 aliphatic heterocycles. The zero-order valence-electron chi connectivity index (χ0n) is 12.9. The van der Waals surface area contributed by atoms with Gasteiger partial charge >= 0.3 is 0 Å². The first kappa shape index (κ1) is 16.2. The summed E-state index contributed by atoms with van der Waals surface area (Å²) in [4.78, 5) is 12.5. The van der Waals surface area contributed by atoms with Crippen LogP contribution in [0.2, 0.25) is 0 Å². The lowest BCUT2D eigenvalue weighted by Gasteiger charge is -2.10. The van der Waals surface area contributed by atoms with Crippen LogP contribution < -0.4 is 5.32 Å². The molecule has 1 amide bonds. The second-order valence-corrected chi connectivity index (χ2v) is 7.37. The van der Waals surface area contributed by atoms with Gasteiger partial charge < -0.3 is 5.32 Å². The average molecular weight is 317 g/mol. The van der Waals surface area contributed by atoms with E-state index in [0.717, 1.165) is 22.9 Å². The first-order valence-corrected chi connectivity index (χ1v) is 8.81. The maximum atomic E-state index is 12.3. The summed E-state index contributed by atoms with van der Waals surface area (Å²) < 4.78 is 23.2. The molecule has 2 rings (SSSR count). The number of rotatable bonds is 4. The van der Waals surface area contributed by atoms with Crippen LogP contribution in [0, 0.1) is 13.8 Å². The Morgan fingerprint density at radius 1 is 1.05 bits per heavy atom. The van der Waals surface area contributed by atoms with Crippen LogP contribution in [-0.2, 0) is 16.4 Å². The highest BCUT2D eigenvalue weighted by Gasteiger charge is 2.14. The van der Waals surface area contributed by atoms with Crippen LogP contribution in [0.1, 0.15) is 27.0 Å². The third kappa shape index (κ3) is 3.74. The molecular weight excluding hydrogens is 298 g/mol. The standard InChI is InChI=1S/C17H19NO3S/c1-12-6-4-5-7-14(12)11-18-17(19)16-10-15(22(3,20)21)9-8-13(16)2/h4-10H,11H2,1-3H3,(H,18,19). The van der Waals surface area contributed by atoms with Crippen LogP contribution in [0.4, 0.5) is 0 Å². The Hall–Kier alpha value is -2.14. The normalized spacial score (nSPS) is 11.2. The summed E-state index contributed by atoms with van der Waals surface area (Å²) in [6, 6.07) is 12.4. The SMILES string of the molecule is Cc1ccccc1CNC(=O)c1cc(S(C)(=O)=O)ccc1C. The number of benzene rings is 2. The minimum Gasteiger partial charge on any atom is -0.348 e. The van der Waals surface area contributed by atoms with Crippen LogP contribution >= 0.6 is 0 Å². The van der Waals surface area contributed by atoms with Crippen molar-refractivity contribution in [1.82, 2.24) is 5.32 Å². The largest absolute Gasteiger partial charge is 0.348 e. The van der Waals surface area contributed by atoms with E-state index in [1.54, 1.807) is 13.0 Å². The number of hydrogen-bond acceptors (Lipinski definition) is 3. The molecule has 0 aliphatic rings. The number of aryl methyl sites for hydroxylation is 2. The van der Waals surface area contributed by atoms with E-state index in [2.05, 4.69) is 5.32 Å². The fourth-order valence-electron chi connectivity index (χ4n) is 2.16. The van der Waals surface area contributed by atoms with Gasteiger partial charge in [0.05, 0.1) is 4.90 Å². The molecule has 116 valence electrons. The first-order valence-electron chi connectivity index (χ1n) is 6.92. The monoisotopic (exact) mass is 317 g/mol. The quantitative estimate of drug-likeness (QED) is 0.943. The Kier molecular flexibility index (Phi) is 4.66. The van der Waals surface area contributed by atoms with Crippen molar-refractivity contribution in [2.45, 2.75) is 25.3 Å². The lowest BCUT2D eigenvalue weighted by atomic mass is 10.1. The predicted molar refractivity (Wildman–Crippen MR) is 86.6 cm³/mol. The van der Waals surface area contributed by atoms with Gasteiger partial charge in [0.25, 0.3) is 5.91 Å². The van der Waals surface area contributed by atoms with E-state index in [1.807, 2.05) is 31.2 Å². The predicted octanol–water partition coefficient (Wildman–Crippen LogP) is 2.64. The van der Waals surface area contributed by atoms with Crippen molar-refractivity contribution in [2.75, 3.05) is 6.26 Å². The Bertz CT molecular complexity index is 810. The van der Waals surface area contributed by atoms with Crippen molar-refractivity contribution in [3.63, 3.8) is 0 Å². The molecule has 0 heterocycles. The summed E-state index contributed by atoms with van der Waals surface area (Å²) in [5.74, 6) is -0.272. The molecule has 0 spiro atoms. The molecule has 2 aromatic rings. The second kappa shape index (κ2) is 6.32. The topological polar surface area (TPSA) is 63.2 Å². The molecule has 5 heteroatoms. The van der Waals surface area contributed by atoms with Crippen molar-refractivity contribution in [1.29, 1.82) is 0 Å². The minimum atomic E-state index is -3.33. The average Bonchev–Trinajstić information content (AvgIpc) is 2.45. The number of nitrogens with one attached hydrogen (secondary N) is 1. The summed E-state index contributed by atoms with van der Waals surface area (Å²) in [5, 5.41) is 2.84. The third-order valence-corrected chi connectivity index (χ3v) is 4.69. The van der Waals surface area contributed by atoms with Crippen molar-refractivity contribution in [2.24, 2.45) is 0 Å². The summed E-state index contributed by atoms with van der Waals surface area (Å²) in [6.07, 6.45) is 1.13. The molecule has 0 radical (unpaired) electrons. The molecule has 0 atom stereocenters. The van der Waals surface area contributed by atoms with Gasteiger partial charge in [0.15, 0.2) is 9.84 Å². The van der Waals surface area contributed by atoms with Crippen LogP contribution in [0.15, 0.2) is 47.4 Å². The van der Waals surface area contributed by atoms with Gasteiger partial charge in [-0.1, -0.05) is 30.3 Å². The van der Waals surface area contributed by atoms with Gasteiger partial charge in [0.2, 0.25) is 0 Å². The third-order valence-electron chi connectivity index (χ3n) is 3.58. The van der Waals surface area contributed by atoms with E-state index < -0.39 is 9.84 Å². The van der Waals surface area contributed by atoms with E-state index in [9.17, 15) is 13.2 Å². The van der Waals surface area contributed by atoms with Gasteiger partial charge in [-0.15, -0.1) is 0 Å². The van der Waals surface area contributed by atoms with Crippen LogP contribution in [0.25, 0.3) is 0 Å². The lowest BCUT2D eigenvalue weighted by Crippen LogP contribution is -2.24. The van der Waals surface area contributed by atoms with Gasteiger partial charge in [-0.25, -0.2) is 8.42 Å². The minimum absolute atomic E-state index is 0.152. The highest BCUT2D eigenvalue weighted by Crippen LogP contribution is 2.16. The molecule has 0 saturated heterocycles. The molecular formula is C17H19NO3S. The molecule has 0 aliphatic carbocycles. The van der Waals surface area contributed by atoms with Crippen molar-refractivity contribution < 1.29 is 13.2 Å². The molecule has 0 fully saturated rings. The molecule has 0 bridgehead atoms. The lowest BCUT2D eigenvalue weighted by molar-refractivity contribution is 0.0950. The van der Waals surface area contributed by atoms with Crippen molar-refractivity contribution in [3.8, 4) is 0 Å². The summed E-state index contributed by atoms with van der Waals surface area (Å²) in [7, 11) is -3.33. The van der Waals surface area contributed by atoms with E-state index in [0.29, 0.717) is 12.1 Å². The maximum Gasteiger partial charge on any atom is 0.251 e. The highest BCUT2D eigenvalue weighted by molar-refractivity contribution is 7.90. The summed E-state index contributed by atoms with van der Waals surface area (Å²) >= 11 is 0. The van der Waals surface area contributed by atoms with Gasteiger partial charge in [-0.05, 0) is 42.7 Å². The van der Waals surface area contributed by atoms with Crippen LogP contribution in [0.5, 0.6) is 0 Å². The number of amides is 1. The van der Waals surface area contributed by atoms with Gasteiger partial charge in [0, 0.05) is 18.4 Å². The van der Waals surface area contributed by atoms with Crippen LogP contribution in [0.3, 0.4) is 0 Å². The Morgan fingerprint density at radius 3 is 2.36 bits per heavy atom. The van der Waals surface area contributed by atoms with Gasteiger partial charge in [0.1, 0.15) is 0 Å². The number of hydrogen-bond donors (Lipinski definition) is 1. The first-order chi connectivity index (χ1) is 10.3. The number of carbonyl (C=O) groups excluding carboxylic acids is 1. The second-order valence-electron chi connectivity index (χ2n) is 5.36. The number of sulfone groups is 1. The van der Waals surface area contributed by atoms with E-state index in [1.165, 1.54) is 12.1 Å². The van der Waals surface area contributed by atoms with Crippen molar-refractivity contribution >= 4 is 15.7 Å². The van der Waals surface area contributed by atoms with E-state index >= 15 is 0 Å². The molecule has 2 aromatic carbocycles. The summed E-state index contributed by atoms with van der Waals surface area (Å²) in [5.41, 5.74) is 3.27. The smallest absolute Gasteiger partial charge is 0.251 e. The molecule has 0 unspecified atom stereocenters. The Labute approximate surface area is 131 Å². The molecule has 22 heavy (non-hydrogen) atoms. The summed E-state index contributed by atoms with van der Waals surface area (Å²) in [6.45, 7) is 4.18. The number of carbonyl (C=O) groups is 1. The zero-order valence-corrected chi connectivity index (χ0v) is 13.7. The Morgan fingerprint density at radius 2 is 1.73 bits per heavy atom. The molecule has 1 N–H and O–H groups in total. The molecule has 0 aromatic heterocycles. The zero-order chi connectivity index (χ0) is 16.3. The molecule has 4 nitrogen and oxygen atoms in total.